The molecule has 112 valence electrons. The van der Waals surface area contributed by atoms with Crippen LogP contribution in [0.15, 0.2) is 6.20 Å². The molecule has 2 N–H and O–H groups in total. The summed E-state index contributed by atoms with van der Waals surface area (Å²) in [5.74, 6) is -0.182. The quantitative estimate of drug-likeness (QED) is 0.804. The Morgan fingerprint density at radius 2 is 2.30 bits per heavy atom. The van der Waals surface area contributed by atoms with Gasteiger partial charge in [0.05, 0.1) is 31.0 Å². The van der Waals surface area contributed by atoms with E-state index in [4.69, 9.17) is 4.74 Å². The van der Waals surface area contributed by atoms with Gasteiger partial charge in [0.25, 0.3) is 0 Å². The van der Waals surface area contributed by atoms with Crippen molar-refractivity contribution in [3.05, 3.63) is 11.9 Å². The van der Waals surface area contributed by atoms with Gasteiger partial charge in [-0.2, -0.15) is 0 Å². The van der Waals surface area contributed by atoms with Gasteiger partial charge in [0.2, 0.25) is 5.91 Å². The fourth-order valence-corrected chi connectivity index (χ4v) is 2.18. The predicted octanol–water partition coefficient (Wildman–Crippen LogP) is -0.160. The zero-order chi connectivity index (χ0) is 14.9. The van der Waals surface area contributed by atoms with Gasteiger partial charge in [0.15, 0.2) is 0 Å². The molecule has 1 aliphatic rings. The molecule has 0 spiro atoms. The number of aliphatic hydroxyl groups excluding tert-OH is 1. The van der Waals surface area contributed by atoms with Crippen molar-refractivity contribution >= 4 is 5.91 Å². The molecule has 0 radical (unpaired) electrons. The van der Waals surface area contributed by atoms with Crippen LogP contribution in [0.3, 0.4) is 0 Å². The van der Waals surface area contributed by atoms with Crippen LogP contribution < -0.4 is 5.32 Å². The number of carbonyl (C=O) groups excluding carboxylic acids is 1. The molecule has 1 amide bonds. The summed E-state index contributed by atoms with van der Waals surface area (Å²) >= 11 is 0. The molecule has 0 bridgehead atoms. The molecule has 1 fully saturated rings. The number of hydrogen-bond acceptors (Lipinski definition) is 5. The Hall–Kier alpha value is -1.47. The molecule has 0 saturated carbocycles. The monoisotopic (exact) mass is 282 g/mol. The first-order chi connectivity index (χ1) is 9.27. The Morgan fingerprint density at radius 3 is 2.85 bits per heavy atom. The van der Waals surface area contributed by atoms with E-state index in [-0.39, 0.29) is 24.0 Å². The van der Waals surface area contributed by atoms with E-state index < -0.39 is 12.1 Å². The van der Waals surface area contributed by atoms with Crippen LogP contribution in [0.4, 0.5) is 0 Å². The second-order valence-electron chi connectivity index (χ2n) is 6.24. The van der Waals surface area contributed by atoms with E-state index in [1.54, 1.807) is 4.68 Å². The van der Waals surface area contributed by atoms with Gasteiger partial charge in [-0.1, -0.05) is 26.0 Å². The number of nitrogens with zero attached hydrogens (tertiary/aromatic N) is 3. The molecule has 0 unspecified atom stereocenters. The van der Waals surface area contributed by atoms with E-state index in [1.807, 2.05) is 6.20 Å². The maximum atomic E-state index is 11.2. The van der Waals surface area contributed by atoms with Crippen molar-refractivity contribution in [3.8, 4) is 0 Å². The van der Waals surface area contributed by atoms with Crippen molar-refractivity contribution in [2.45, 2.75) is 57.9 Å². The van der Waals surface area contributed by atoms with Gasteiger partial charge in [-0.05, 0) is 0 Å². The predicted molar refractivity (Wildman–Crippen MR) is 72.1 cm³/mol. The van der Waals surface area contributed by atoms with Crippen molar-refractivity contribution in [2.24, 2.45) is 0 Å². The Bertz CT molecular complexity index is 480. The lowest BCUT2D eigenvalue weighted by atomic mass is 9.93. The van der Waals surface area contributed by atoms with Crippen molar-refractivity contribution in [1.29, 1.82) is 0 Å². The number of rotatable bonds is 3. The summed E-state index contributed by atoms with van der Waals surface area (Å²) in [4.78, 5) is 11.2. The summed E-state index contributed by atoms with van der Waals surface area (Å²) in [6, 6.07) is -0.408. The van der Waals surface area contributed by atoms with Crippen LogP contribution in [0.5, 0.6) is 0 Å². The van der Waals surface area contributed by atoms with E-state index >= 15 is 0 Å². The van der Waals surface area contributed by atoms with Crippen molar-refractivity contribution in [3.63, 3.8) is 0 Å². The van der Waals surface area contributed by atoms with Gasteiger partial charge in [-0.3, -0.25) is 4.79 Å². The molecule has 1 saturated heterocycles. The highest BCUT2D eigenvalue weighted by Gasteiger charge is 2.37. The molecule has 20 heavy (non-hydrogen) atoms. The number of ether oxygens (including phenoxy) is 1. The zero-order valence-corrected chi connectivity index (χ0v) is 12.3. The van der Waals surface area contributed by atoms with Crippen molar-refractivity contribution < 1.29 is 14.6 Å². The fraction of sp³-hybridized carbons (Fsp3) is 0.769. The van der Waals surface area contributed by atoms with Crippen LogP contribution >= 0.6 is 0 Å². The molecular weight excluding hydrogens is 260 g/mol. The molecular formula is C13H22N4O3. The number of hydrogen-bond donors (Lipinski definition) is 2. The summed E-state index contributed by atoms with van der Waals surface area (Å²) in [7, 11) is 0. The maximum Gasteiger partial charge on any atom is 0.217 e. The smallest absolute Gasteiger partial charge is 0.217 e. The maximum absolute atomic E-state index is 11.2. The van der Waals surface area contributed by atoms with Gasteiger partial charge in [0.1, 0.15) is 6.10 Å². The van der Waals surface area contributed by atoms with Crippen LogP contribution in [-0.2, 0) is 21.5 Å². The van der Waals surface area contributed by atoms with E-state index in [9.17, 15) is 9.90 Å². The minimum Gasteiger partial charge on any atom is -0.388 e. The first-order valence-electron chi connectivity index (χ1n) is 6.75. The summed E-state index contributed by atoms with van der Waals surface area (Å²) < 4.78 is 7.22. The summed E-state index contributed by atoms with van der Waals surface area (Å²) in [5.41, 5.74) is 0.831. The van der Waals surface area contributed by atoms with Gasteiger partial charge < -0.3 is 15.2 Å². The van der Waals surface area contributed by atoms with E-state index in [1.165, 1.54) is 6.92 Å². The fourth-order valence-electron chi connectivity index (χ4n) is 2.18. The Balaban J connectivity index is 2.05. The molecule has 3 atom stereocenters. The van der Waals surface area contributed by atoms with Gasteiger partial charge in [-0.15, -0.1) is 5.10 Å². The average molecular weight is 282 g/mol. The second-order valence-corrected chi connectivity index (χ2v) is 6.24. The molecule has 0 aromatic carbocycles. The molecule has 1 aliphatic heterocycles. The molecule has 2 heterocycles. The molecule has 7 heteroatoms. The normalized spacial score (nSPS) is 26.8. The lowest BCUT2D eigenvalue weighted by Crippen LogP contribution is -2.47. The second kappa shape index (κ2) is 5.49. The summed E-state index contributed by atoms with van der Waals surface area (Å²) in [6.45, 7) is 8.29. The molecule has 1 aromatic heterocycles. The Labute approximate surface area is 118 Å². The van der Waals surface area contributed by atoms with E-state index in [2.05, 4.69) is 36.4 Å². The summed E-state index contributed by atoms with van der Waals surface area (Å²) in [5, 5.41) is 20.8. The minimum atomic E-state index is -0.686. The third-order valence-corrected chi connectivity index (χ3v) is 3.34. The number of aromatic nitrogens is 3. The van der Waals surface area contributed by atoms with Crippen LogP contribution in [-0.4, -0.2) is 50.9 Å². The van der Waals surface area contributed by atoms with Crippen LogP contribution in [0, 0.1) is 0 Å². The molecule has 0 aliphatic carbocycles. The lowest BCUT2D eigenvalue weighted by Gasteiger charge is -2.20. The van der Waals surface area contributed by atoms with Crippen molar-refractivity contribution in [1.82, 2.24) is 20.3 Å². The van der Waals surface area contributed by atoms with Gasteiger partial charge >= 0.3 is 0 Å². The number of aliphatic hydroxyl groups is 1. The van der Waals surface area contributed by atoms with Crippen molar-refractivity contribution in [2.75, 3.05) is 6.61 Å². The highest BCUT2D eigenvalue weighted by atomic mass is 16.5. The number of nitrogens with one attached hydrogen (secondary N) is 1. The lowest BCUT2D eigenvalue weighted by molar-refractivity contribution is -0.120. The number of carbonyl (C=O) groups is 1. The standard InChI is InChI=1S/C13H22N4O3/c1-8(18)14-12-9(19)7-20-10(12)5-17-6-11(15-16-17)13(2,3)4/h6,9-10,12,19H,5,7H2,1-4H3,(H,14,18)/t9-,10+,12+/m0/s1. The van der Waals surface area contributed by atoms with Crippen LogP contribution in [0.1, 0.15) is 33.4 Å². The third kappa shape index (κ3) is 3.34. The molecule has 7 nitrogen and oxygen atoms in total. The highest BCUT2D eigenvalue weighted by Crippen LogP contribution is 2.20. The van der Waals surface area contributed by atoms with Gasteiger partial charge in [-0.25, -0.2) is 4.68 Å². The van der Waals surface area contributed by atoms with Crippen LogP contribution in [0.2, 0.25) is 0 Å². The molecule has 1 aromatic rings. The highest BCUT2D eigenvalue weighted by molar-refractivity contribution is 5.73. The molecule has 2 rings (SSSR count). The Kier molecular flexibility index (Phi) is 4.10. The van der Waals surface area contributed by atoms with Gasteiger partial charge in [0, 0.05) is 18.5 Å². The topological polar surface area (TPSA) is 89.3 Å². The van der Waals surface area contributed by atoms with E-state index in [0.29, 0.717) is 6.54 Å². The first kappa shape index (κ1) is 14.9. The minimum absolute atomic E-state index is 0.0642. The number of amides is 1. The van der Waals surface area contributed by atoms with Crippen LogP contribution in [0.25, 0.3) is 0 Å². The summed E-state index contributed by atoms with van der Waals surface area (Å²) in [6.07, 6.45) is 0.886. The first-order valence-corrected chi connectivity index (χ1v) is 6.75. The largest absolute Gasteiger partial charge is 0.388 e. The third-order valence-electron chi connectivity index (χ3n) is 3.34. The Morgan fingerprint density at radius 1 is 1.60 bits per heavy atom. The average Bonchev–Trinajstić information content (AvgIpc) is 2.90. The van der Waals surface area contributed by atoms with E-state index in [0.717, 1.165) is 5.69 Å². The zero-order valence-electron chi connectivity index (χ0n) is 12.3. The SMILES string of the molecule is CC(=O)N[C@@H]1[C@@H](O)CO[C@@H]1Cn1cc(C(C)(C)C)nn1.